The number of ether oxygens (including phenoxy) is 1. The first kappa shape index (κ1) is 18.0. The van der Waals surface area contributed by atoms with Gasteiger partial charge in [-0.25, -0.2) is 0 Å². The van der Waals surface area contributed by atoms with Crippen molar-refractivity contribution in [1.29, 1.82) is 0 Å². The van der Waals surface area contributed by atoms with E-state index in [1.54, 1.807) is 0 Å². The van der Waals surface area contributed by atoms with Gasteiger partial charge >= 0.3 is 18.9 Å². The molecule has 1 aromatic rings. The Bertz CT molecular complexity index is 574. The molecule has 0 aromatic heterocycles. The van der Waals surface area contributed by atoms with Gasteiger partial charge in [0.2, 0.25) is 5.91 Å². The summed E-state index contributed by atoms with van der Waals surface area (Å²) in [6.07, 6.45) is 0.0223. The Morgan fingerprint density at radius 1 is 1.35 bits per heavy atom. The molecular formula is C16H19LiN2O4. The fourth-order valence-electron chi connectivity index (χ4n) is 2.79. The molecule has 7 heteroatoms. The number of carboxylic acids is 1. The van der Waals surface area contributed by atoms with Crippen LogP contribution in [-0.2, 0) is 20.9 Å². The van der Waals surface area contributed by atoms with E-state index >= 15 is 0 Å². The first-order chi connectivity index (χ1) is 10.5. The van der Waals surface area contributed by atoms with Gasteiger partial charge in [-0.1, -0.05) is 12.1 Å². The predicted molar refractivity (Wildman–Crippen MR) is 78.0 cm³/mol. The first-order valence-electron chi connectivity index (χ1n) is 7.42. The minimum Gasteiger partial charge on any atom is -0.550 e. The van der Waals surface area contributed by atoms with Crippen LogP contribution in [0.1, 0.15) is 12.0 Å². The Morgan fingerprint density at radius 3 is 2.48 bits per heavy atom. The summed E-state index contributed by atoms with van der Waals surface area (Å²) in [5.74, 6) is -2.03. The van der Waals surface area contributed by atoms with Crippen LogP contribution in [0, 0.1) is 5.92 Å². The number of hydrogen-bond acceptors (Lipinski definition) is 5. The minimum atomic E-state index is -1.16. The molecule has 0 aliphatic carbocycles. The minimum absolute atomic E-state index is 0. The number of amides is 1. The Hall–Kier alpha value is -1.32. The van der Waals surface area contributed by atoms with Crippen molar-refractivity contribution in [2.75, 3.05) is 31.7 Å². The monoisotopic (exact) mass is 310 g/mol. The summed E-state index contributed by atoms with van der Waals surface area (Å²) >= 11 is 0. The van der Waals surface area contributed by atoms with Crippen LogP contribution in [0.15, 0.2) is 24.3 Å². The summed E-state index contributed by atoms with van der Waals surface area (Å²) in [6, 6.07) is 8.17. The van der Waals surface area contributed by atoms with Gasteiger partial charge in [-0.05, 0) is 24.7 Å². The summed E-state index contributed by atoms with van der Waals surface area (Å²) in [4.78, 5) is 26.6. The van der Waals surface area contributed by atoms with E-state index in [9.17, 15) is 14.7 Å². The van der Waals surface area contributed by atoms with Gasteiger partial charge in [0.25, 0.3) is 0 Å². The van der Waals surface area contributed by atoms with E-state index in [-0.39, 0.29) is 37.7 Å². The van der Waals surface area contributed by atoms with Gasteiger partial charge in [0.1, 0.15) is 0 Å². The number of likely N-dealkylation sites (N-methyl/N-ethyl adjacent to an activating group) is 1. The normalized spacial score (nSPS) is 21.2. The second-order valence-electron chi connectivity index (χ2n) is 6.00. The number of anilines is 1. The fourth-order valence-corrected chi connectivity index (χ4v) is 2.79. The fraction of sp³-hybridized carbons (Fsp3) is 0.500. The van der Waals surface area contributed by atoms with Crippen molar-refractivity contribution in [2.45, 2.75) is 19.0 Å². The van der Waals surface area contributed by atoms with E-state index < -0.39 is 11.9 Å². The van der Waals surface area contributed by atoms with Gasteiger partial charge in [-0.15, -0.1) is 0 Å². The first-order valence-corrected chi connectivity index (χ1v) is 7.42. The second kappa shape index (κ2) is 7.50. The van der Waals surface area contributed by atoms with Crippen molar-refractivity contribution in [2.24, 2.45) is 5.92 Å². The second-order valence-corrected chi connectivity index (χ2v) is 6.00. The van der Waals surface area contributed by atoms with Crippen molar-refractivity contribution in [1.82, 2.24) is 4.90 Å². The number of hydrogen-bond donors (Lipinski definition) is 0. The summed E-state index contributed by atoms with van der Waals surface area (Å²) in [6.45, 7) is 2.58. The molecule has 0 spiro atoms. The Kier molecular flexibility index (Phi) is 5.88. The molecule has 23 heavy (non-hydrogen) atoms. The predicted octanol–water partition coefficient (Wildman–Crippen LogP) is -3.38. The molecule has 1 aromatic carbocycles. The Balaban J connectivity index is 0.00000192. The van der Waals surface area contributed by atoms with Crippen LogP contribution in [0.4, 0.5) is 5.69 Å². The topological polar surface area (TPSA) is 72.9 Å². The molecule has 0 unspecified atom stereocenters. The number of aliphatic carboxylic acids is 1. The average molecular weight is 310 g/mol. The number of benzene rings is 1. The van der Waals surface area contributed by atoms with E-state index in [1.165, 1.54) is 4.90 Å². The maximum atomic E-state index is 11.9. The van der Waals surface area contributed by atoms with E-state index in [1.807, 2.05) is 24.3 Å². The van der Waals surface area contributed by atoms with E-state index in [0.29, 0.717) is 6.04 Å². The number of carbonyl (C=O) groups excluding carboxylic acids is 2. The van der Waals surface area contributed by atoms with Gasteiger partial charge in [0.05, 0.1) is 19.3 Å². The van der Waals surface area contributed by atoms with Crippen molar-refractivity contribution >= 4 is 17.6 Å². The third-order valence-corrected chi connectivity index (χ3v) is 4.38. The van der Waals surface area contributed by atoms with Gasteiger partial charge in [-0.2, -0.15) is 0 Å². The molecule has 2 aliphatic rings. The molecule has 0 radical (unpaired) electrons. The largest absolute Gasteiger partial charge is 1.00 e. The van der Waals surface area contributed by atoms with Crippen molar-refractivity contribution in [3.8, 4) is 0 Å². The zero-order valence-corrected chi connectivity index (χ0v) is 13.5. The maximum Gasteiger partial charge on any atom is 1.00 e. The standard InChI is InChI=1S/C16H20N2O4.Li/c1-17(14-9-22-10-14)7-11-2-4-13(5-3-11)18-8-12(16(20)21)6-15(18)19;/h2-5,12,14H,6-10H2,1H3,(H,20,21);/q;+1/p-1/t12-;/m0./s1. The number of carbonyl (C=O) groups is 2. The summed E-state index contributed by atoms with van der Waals surface area (Å²) in [5, 5.41) is 10.9. The molecule has 1 amide bonds. The molecule has 2 fully saturated rings. The molecule has 3 rings (SSSR count). The number of nitrogens with zero attached hydrogens (tertiary/aromatic N) is 2. The van der Waals surface area contributed by atoms with Crippen LogP contribution < -0.4 is 28.9 Å². The van der Waals surface area contributed by atoms with Crippen molar-refractivity contribution in [3.63, 3.8) is 0 Å². The molecule has 1 atom stereocenters. The van der Waals surface area contributed by atoms with Gasteiger partial charge < -0.3 is 19.5 Å². The molecule has 0 bridgehead atoms. The molecule has 2 heterocycles. The zero-order chi connectivity index (χ0) is 15.7. The van der Waals surface area contributed by atoms with Crippen molar-refractivity contribution in [3.05, 3.63) is 29.8 Å². The van der Waals surface area contributed by atoms with Crippen LogP contribution in [0.2, 0.25) is 0 Å². The number of carboxylic acid groups (broad SMARTS) is 1. The van der Waals surface area contributed by atoms with Gasteiger partial charge in [-0.3, -0.25) is 9.69 Å². The van der Waals surface area contributed by atoms with Crippen LogP contribution in [0.5, 0.6) is 0 Å². The Morgan fingerprint density at radius 2 is 2.00 bits per heavy atom. The van der Waals surface area contributed by atoms with Gasteiger partial charge in [0.15, 0.2) is 0 Å². The molecule has 2 aliphatic heterocycles. The number of rotatable bonds is 5. The van der Waals surface area contributed by atoms with E-state index in [4.69, 9.17) is 4.74 Å². The smallest absolute Gasteiger partial charge is 0.550 e. The van der Waals surface area contributed by atoms with Crippen LogP contribution in [0.3, 0.4) is 0 Å². The average Bonchev–Trinajstić information content (AvgIpc) is 2.80. The van der Waals surface area contributed by atoms with E-state index in [2.05, 4.69) is 11.9 Å². The molecule has 2 saturated heterocycles. The molecule has 118 valence electrons. The quantitative estimate of drug-likeness (QED) is 0.531. The Labute approximate surface area is 147 Å². The third kappa shape index (κ3) is 3.96. The molecular weight excluding hydrogens is 291 g/mol. The zero-order valence-electron chi connectivity index (χ0n) is 13.5. The van der Waals surface area contributed by atoms with E-state index in [0.717, 1.165) is 31.0 Å². The third-order valence-electron chi connectivity index (χ3n) is 4.38. The molecule has 0 saturated carbocycles. The summed E-state index contributed by atoms with van der Waals surface area (Å²) < 4.78 is 5.18. The van der Waals surface area contributed by atoms with Crippen molar-refractivity contribution < 1.29 is 38.3 Å². The van der Waals surface area contributed by atoms with Crippen LogP contribution in [-0.4, -0.2) is 49.6 Å². The summed E-state index contributed by atoms with van der Waals surface area (Å²) in [7, 11) is 2.07. The van der Waals surface area contributed by atoms with Crippen LogP contribution in [0.25, 0.3) is 0 Å². The molecule has 0 N–H and O–H groups in total. The SMILES string of the molecule is CN(Cc1ccc(N2C[C@@H](C(=O)[O-])CC2=O)cc1)C1COC1.[Li+]. The molecule has 6 nitrogen and oxygen atoms in total. The van der Waals surface area contributed by atoms with Gasteiger partial charge in [0, 0.05) is 37.1 Å². The maximum absolute atomic E-state index is 11.9. The summed E-state index contributed by atoms with van der Waals surface area (Å²) in [5.41, 5.74) is 1.90. The van der Waals surface area contributed by atoms with Crippen LogP contribution >= 0.6 is 0 Å².